The predicted molar refractivity (Wildman–Crippen MR) is 138 cm³/mol. The summed E-state index contributed by atoms with van der Waals surface area (Å²) in [5.41, 5.74) is 8.80. The molecule has 2 atom stereocenters. The minimum absolute atomic E-state index is 0.0333. The maximum atomic E-state index is 13.2. The molecule has 2 aromatic rings. The number of nitrogens with one attached hydrogen (secondary N) is 1. The fourth-order valence-electron chi connectivity index (χ4n) is 5.74. The van der Waals surface area contributed by atoms with Crippen LogP contribution in [0, 0.1) is 24.7 Å². The summed E-state index contributed by atoms with van der Waals surface area (Å²) < 4.78 is 44.3. The number of amides is 2. The van der Waals surface area contributed by atoms with Crippen molar-refractivity contribution in [2.45, 2.75) is 71.3 Å². The largest absolute Gasteiger partial charge is 0.447 e. The number of ether oxygens (including phenoxy) is 1. The number of hydrogen-bond donors (Lipinski definition) is 2. The zero-order valence-corrected chi connectivity index (χ0v) is 22.5. The molecule has 0 spiro atoms. The number of carbonyl (C=O) groups excluding carboxylic acids is 2. The van der Waals surface area contributed by atoms with Gasteiger partial charge in [-0.25, -0.2) is 4.79 Å². The van der Waals surface area contributed by atoms with E-state index < -0.39 is 30.1 Å². The summed E-state index contributed by atoms with van der Waals surface area (Å²) >= 11 is 0. The molecule has 1 aliphatic carbocycles. The van der Waals surface area contributed by atoms with Crippen molar-refractivity contribution in [3.05, 3.63) is 58.7 Å². The van der Waals surface area contributed by atoms with Crippen molar-refractivity contribution in [1.29, 1.82) is 0 Å². The number of rotatable bonds is 8. The van der Waals surface area contributed by atoms with Crippen LogP contribution in [0.1, 0.15) is 84.5 Å². The van der Waals surface area contributed by atoms with Gasteiger partial charge >= 0.3 is 12.3 Å². The first kappa shape index (κ1) is 28.8. The SMILES string of the molecule is Cc1ccc([C@@H](COC(N)=O)NC(=O)c2cnc3c(c2)CN(CC2CCC(C(F)(F)F)CC2)[C@H]3C(C)C)nc1. The van der Waals surface area contributed by atoms with Crippen molar-refractivity contribution in [2.75, 3.05) is 13.2 Å². The van der Waals surface area contributed by atoms with E-state index in [1.54, 1.807) is 12.3 Å². The molecule has 0 saturated heterocycles. The van der Waals surface area contributed by atoms with Crippen LogP contribution in [-0.4, -0.2) is 46.2 Å². The summed E-state index contributed by atoms with van der Waals surface area (Å²) in [6, 6.07) is 4.75. The summed E-state index contributed by atoms with van der Waals surface area (Å²) in [5, 5.41) is 2.86. The monoisotopic (exact) mass is 547 g/mol. The predicted octanol–water partition coefficient (Wildman–Crippen LogP) is 5.23. The number of nitrogens with zero attached hydrogens (tertiary/aromatic N) is 3. The van der Waals surface area contributed by atoms with Crippen LogP contribution in [0.15, 0.2) is 30.6 Å². The fourth-order valence-corrected chi connectivity index (χ4v) is 5.74. The Kier molecular flexibility index (Phi) is 8.78. The van der Waals surface area contributed by atoms with Crippen molar-refractivity contribution in [3.8, 4) is 0 Å². The molecule has 0 bridgehead atoms. The summed E-state index contributed by atoms with van der Waals surface area (Å²) in [5.74, 6) is -1.14. The lowest BCUT2D eigenvalue weighted by Crippen LogP contribution is -2.35. The summed E-state index contributed by atoms with van der Waals surface area (Å²) in [6.45, 7) is 7.22. The molecule has 11 heteroatoms. The van der Waals surface area contributed by atoms with Gasteiger partial charge in [0.05, 0.1) is 28.9 Å². The van der Waals surface area contributed by atoms with E-state index in [1.807, 2.05) is 19.1 Å². The van der Waals surface area contributed by atoms with E-state index in [9.17, 15) is 22.8 Å². The number of hydrogen-bond acceptors (Lipinski definition) is 6. The van der Waals surface area contributed by atoms with Gasteiger partial charge in [-0.05, 0) is 67.7 Å². The molecule has 0 radical (unpaired) electrons. The van der Waals surface area contributed by atoms with Gasteiger partial charge in [0, 0.05) is 25.5 Å². The zero-order chi connectivity index (χ0) is 28.3. The van der Waals surface area contributed by atoms with Crippen LogP contribution in [0.3, 0.4) is 0 Å². The van der Waals surface area contributed by atoms with Gasteiger partial charge in [-0.15, -0.1) is 0 Å². The molecule has 1 saturated carbocycles. The standard InChI is InChI=1S/C28H36F3N5O3/c1-16(2)25-24-20(14-36(25)13-18-5-7-21(8-6-18)28(29,30)31)10-19(12-34-24)26(37)35-23(15-39-27(32)38)22-9-4-17(3)11-33-22/h4,9-12,16,18,21,23,25H,5-8,13-15H2,1-3H3,(H2,32,38)(H,35,37)/t18?,21?,23-,25+/m1/s1. The Morgan fingerprint density at radius 3 is 2.46 bits per heavy atom. The second-order valence-corrected chi connectivity index (χ2v) is 11.1. The van der Waals surface area contributed by atoms with Gasteiger partial charge in [0.25, 0.3) is 5.91 Å². The summed E-state index contributed by atoms with van der Waals surface area (Å²) in [4.78, 5) is 35.7. The van der Waals surface area contributed by atoms with E-state index in [0.29, 0.717) is 37.2 Å². The number of nitrogens with two attached hydrogens (primary N) is 1. The third kappa shape index (κ3) is 7.06. The Bertz CT molecular complexity index is 1160. The van der Waals surface area contributed by atoms with Gasteiger partial charge in [0.2, 0.25) is 0 Å². The van der Waals surface area contributed by atoms with Crippen LogP contribution in [0.5, 0.6) is 0 Å². The highest BCUT2D eigenvalue weighted by molar-refractivity contribution is 5.94. The number of carbonyl (C=O) groups is 2. The molecule has 3 N–H and O–H groups in total. The Morgan fingerprint density at radius 2 is 1.87 bits per heavy atom. The molecule has 8 nitrogen and oxygen atoms in total. The molecule has 2 aromatic heterocycles. The second-order valence-electron chi connectivity index (χ2n) is 11.1. The van der Waals surface area contributed by atoms with Gasteiger partial charge in [0.1, 0.15) is 12.6 Å². The van der Waals surface area contributed by atoms with Gasteiger partial charge in [-0.2, -0.15) is 13.2 Å². The number of alkyl halides is 3. The highest BCUT2D eigenvalue weighted by atomic mass is 19.4. The van der Waals surface area contributed by atoms with Crippen LogP contribution < -0.4 is 11.1 Å². The zero-order valence-electron chi connectivity index (χ0n) is 22.5. The van der Waals surface area contributed by atoms with Crippen LogP contribution in [0.2, 0.25) is 0 Å². The molecular formula is C28H36F3N5O3. The van der Waals surface area contributed by atoms with Gasteiger partial charge < -0.3 is 15.8 Å². The van der Waals surface area contributed by atoms with Gasteiger partial charge in [-0.1, -0.05) is 19.9 Å². The molecule has 1 fully saturated rings. The molecule has 212 valence electrons. The topological polar surface area (TPSA) is 110 Å². The van der Waals surface area contributed by atoms with Crippen molar-refractivity contribution in [2.24, 2.45) is 23.5 Å². The van der Waals surface area contributed by atoms with Crippen LogP contribution in [0.4, 0.5) is 18.0 Å². The van der Waals surface area contributed by atoms with Crippen molar-refractivity contribution >= 4 is 12.0 Å². The quantitative estimate of drug-likeness (QED) is 0.468. The maximum absolute atomic E-state index is 13.2. The lowest BCUT2D eigenvalue weighted by Gasteiger charge is -2.35. The molecular weight excluding hydrogens is 511 g/mol. The lowest BCUT2D eigenvalue weighted by molar-refractivity contribution is -0.184. The molecule has 2 aliphatic rings. The Labute approximate surface area is 226 Å². The number of pyridine rings is 2. The number of fused-ring (bicyclic) bond motifs is 1. The van der Waals surface area contributed by atoms with Gasteiger partial charge in [-0.3, -0.25) is 19.7 Å². The first-order chi connectivity index (χ1) is 18.4. The summed E-state index contributed by atoms with van der Waals surface area (Å²) in [6.07, 6.45) is -0.387. The van der Waals surface area contributed by atoms with E-state index in [-0.39, 0.29) is 37.3 Å². The third-order valence-electron chi connectivity index (χ3n) is 7.73. The van der Waals surface area contributed by atoms with E-state index in [4.69, 9.17) is 10.5 Å². The molecule has 0 unspecified atom stereocenters. The Hall–Kier alpha value is -3.21. The Balaban J connectivity index is 1.46. The lowest BCUT2D eigenvalue weighted by atomic mass is 9.81. The second kappa shape index (κ2) is 11.9. The molecule has 4 rings (SSSR count). The molecule has 39 heavy (non-hydrogen) atoms. The number of primary amides is 1. The van der Waals surface area contributed by atoms with E-state index in [1.165, 1.54) is 6.20 Å². The normalized spacial score (nSPS) is 22.4. The van der Waals surface area contributed by atoms with Crippen molar-refractivity contribution in [1.82, 2.24) is 20.2 Å². The number of halogens is 3. The average Bonchev–Trinajstić information content (AvgIpc) is 3.24. The van der Waals surface area contributed by atoms with E-state index in [2.05, 4.69) is 34.0 Å². The highest BCUT2D eigenvalue weighted by Crippen LogP contribution is 2.43. The first-order valence-corrected chi connectivity index (χ1v) is 13.4. The van der Waals surface area contributed by atoms with Crippen LogP contribution in [0.25, 0.3) is 0 Å². The number of aromatic nitrogens is 2. The molecule has 1 aliphatic heterocycles. The molecule has 0 aromatic carbocycles. The average molecular weight is 548 g/mol. The van der Waals surface area contributed by atoms with Crippen molar-refractivity contribution in [3.63, 3.8) is 0 Å². The van der Waals surface area contributed by atoms with Crippen LogP contribution >= 0.6 is 0 Å². The fraction of sp³-hybridized carbons (Fsp3) is 0.571. The minimum Gasteiger partial charge on any atom is -0.447 e. The Morgan fingerprint density at radius 1 is 1.15 bits per heavy atom. The molecule has 3 heterocycles. The summed E-state index contributed by atoms with van der Waals surface area (Å²) in [7, 11) is 0. The smallest absolute Gasteiger partial charge is 0.404 e. The van der Waals surface area contributed by atoms with E-state index in [0.717, 1.165) is 16.8 Å². The van der Waals surface area contributed by atoms with Crippen molar-refractivity contribution < 1.29 is 27.5 Å². The van der Waals surface area contributed by atoms with Gasteiger partial charge in [0.15, 0.2) is 0 Å². The highest BCUT2D eigenvalue weighted by Gasteiger charge is 2.42. The maximum Gasteiger partial charge on any atom is 0.404 e. The minimum atomic E-state index is -4.11. The molecule has 2 amide bonds. The van der Waals surface area contributed by atoms with E-state index >= 15 is 0 Å². The van der Waals surface area contributed by atoms with Crippen LogP contribution in [-0.2, 0) is 11.3 Å². The first-order valence-electron chi connectivity index (χ1n) is 13.4. The number of aryl methyl sites for hydroxylation is 1. The third-order valence-corrected chi connectivity index (χ3v) is 7.73.